The second kappa shape index (κ2) is 19.4. The molecule has 1 aliphatic carbocycles. The highest BCUT2D eigenvalue weighted by Gasteiger charge is 2.41. The Morgan fingerprint density at radius 1 is 0.817 bits per heavy atom. The number of piperidine rings is 1. The summed E-state index contributed by atoms with van der Waals surface area (Å²) < 4.78 is 2.18. The number of amides is 2. The predicted octanol–water partition coefficient (Wildman–Crippen LogP) is 8.28. The molecule has 2 heterocycles. The molecular formula is C50H62N6O4. The van der Waals surface area contributed by atoms with Gasteiger partial charge in [-0.1, -0.05) is 128 Å². The molecule has 5 aromatic rings. The summed E-state index contributed by atoms with van der Waals surface area (Å²) in [6.07, 6.45) is 10.3. The summed E-state index contributed by atoms with van der Waals surface area (Å²) in [6, 6.07) is 40.8. The molecule has 1 saturated carbocycles. The minimum atomic E-state index is -0.723. The molecule has 0 unspecified atom stereocenters. The van der Waals surface area contributed by atoms with Gasteiger partial charge in [0, 0.05) is 45.2 Å². The number of nitrogens with one attached hydrogen (secondary N) is 1. The zero-order valence-electron chi connectivity index (χ0n) is 36.0. The summed E-state index contributed by atoms with van der Waals surface area (Å²) in [5.41, 5.74) is 3.82. The number of benzene rings is 4. The number of rotatable bonds is 16. The molecule has 7 rings (SSSR count). The lowest BCUT2D eigenvalue weighted by Gasteiger charge is -2.47. The second-order valence-electron chi connectivity index (χ2n) is 17.4. The number of hydrogen-bond donors (Lipinski definition) is 1. The molecule has 1 N–H and O–H groups in total. The van der Waals surface area contributed by atoms with Crippen LogP contribution in [0.3, 0.4) is 0 Å². The Bertz CT molecular complexity index is 2010. The third kappa shape index (κ3) is 9.84. The van der Waals surface area contributed by atoms with Crippen molar-refractivity contribution in [2.24, 2.45) is 11.8 Å². The number of nitrogens with zero attached hydrogens (tertiary/aromatic N) is 5. The van der Waals surface area contributed by atoms with E-state index in [1.165, 1.54) is 31.4 Å². The first-order chi connectivity index (χ1) is 29.1. The first kappa shape index (κ1) is 42.8. The maximum atomic E-state index is 14.4. The maximum absolute atomic E-state index is 14.4. The largest absolute Gasteiger partial charge is 0.338 e. The fourth-order valence-electron chi connectivity index (χ4n) is 9.39. The molecule has 4 atom stereocenters. The average Bonchev–Trinajstić information content (AvgIpc) is 3.75. The Labute approximate surface area is 356 Å². The fraction of sp³-hybridized carbons (Fsp3) is 0.420. The zero-order chi connectivity index (χ0) is 42.1. The van der Waals surface area contributed by atoms with Crippen LogP contribution in [0, 0.1) is 11.8 Å². The van der Waals surface area contributed by atoms with Crippen molar-refractivity contribution in [2.75, 3.05) is 38.9 Å². The van der Waals surface area contributed by atoms with Crippen molar-refractivity contribution in [1.29, 1.82) is 0 Å². The molecule has 1 aliphatic heterocycles. The summed E-state index contributed by atoms with van der Waals surface area (Å²) in [4.78, 5) is 47.3. The minimum absolute atomic E-state index is 0.0619. The number of aromatic nitrogens is 2. The lowest BCUT2D eigenvalue weighted by atomic mass is 9.73. The summed E-state index contributed by atoms with van der Waals surface area (Å²) >= 11 is 0. The van der Waals surface area contributed by atoms with E-state index in [0.717, 1.165) is 47.5 Å². The Kier molecular flexibility index (Phi) is 13.8. The van der Waals surface area contributed by atoms with E-state index in [4.69, 9.17) is 14.7 Å². The normalized spacial score (nSPS) is 18.7. The van der Waals surface area contributed by atoms with Gasteiger partial charge in [-0.25, -0.2) is 10.0 Å². The van der Waals surface area contributed by atoms with Gasteiger partial charge in [0.1, 0.15) is 5.54 Å². The van der Waals surface area contributed by atoms with Gasteiger partial charge in [0.15, 0.2) is 0 Å². The van der Waals surface area contributed by atoms with E-state index in [9.17, 15) is 9.59 Å². The summed E-state index contributed by atoms with van der Waals surface area (Å²) in [5.74, 6) is 0.969. The number of hydrogen-bond acceptors (Lipinski definition) is 7. The maximum Gasteiger partial charge on any atom is 0.263 e. The average molecular weight is 811 g/mol. The SMILES string of the molecule is CON(C)C(=O)[C@H](Cc1cn(C(c2ccccc2)(c2ccccc2)c2ccccc2)cn1)NC[C@@H]1C[C@H]2CCCC[C@@H]2CN1C(=O)CCN(OC(C)(C)C)c1ccccc1. The molecule has 2 amide bonds. The smallest absolute Gasteiger partial charge is 0.263 e. The van der Waals surface area contributed by atoms with Gasteiger partial charge in [-0.3, -0.25) is 24.3 Å². The van der Waals surface area contributed by atoms with Crippen molar-refractivity contribution in [1.82, 2.24) is 24.8 Å². The van der Waals surface area contributed by atoms with Crippen LogP contribution in [0.1, 0.15) is 81.7 Å². The van der Waals surface area contributed by atoms with E-state index in [0.29, 0.717) is 37.8 Å². The summed E-state index contributed by atoms with van der Waals surface area (Å²) in [5, 5.41) is 6.79. The van der Waals surface area contributed by atoms with E-state index in [2.05, 4.69) is 93.8 Å². The number of anilines is 1. The van der Waals surface area contributed by atoms with Gasteiger partial charge in [0.25, 0.3) is 5.91 Å². The summed E-state index contributed by atoms with van der Waals surface area (Å²) in [7, 11) is 3.15. The number of hydroxylamine groups is 3. The molecule has 0 bridgehead atoms. The van der Waals surface area contributed by atoms with Crippen LogP contribution in [-0.2, 0) is 31.2 Å². The number of imidazole rings is 1. The van der Waals surface area contributed by atoms with Crippen LogP contribution in [0.4, 0.5) is 5.69 Å². The van der Waals surface area contributed by atoms with E-state index < -0.39 is 17.2 Å². The van der Waals surface area contributed by atoms with E-state index in [1.807, 2.05) is 80.7 Å². The molecular weight excluding hydrogens is 749 g/mol. The quantitative estimate of drug-likeness (QED) is 0.0793. The molecule has 1 aromatic heterocycles. The van der Waals surface area contributed by atoms with Crippen LogP contribution >= 0.6 is 0 Å². The predicted molar refractivity (Wildman–Crippen MR) is 237 cm³/mol. The molecule has 10 nitrogen and oxygen atoms in total. The number of carbonyl (C=O) groups excluding carboxylic acids is 2. The van der Waals surface area contributed by atoms with Crippen molar-refractivity contribution in [3.8, 4) is 0 Å². The second-order valence-corrected chi connectivity index (χ2v) is 17.4. The third-order valence-electron chi connectivity index (χ3n) is 12.3. The van der Waals surface area contributed by atoms with Gasteiger partial charge < -0.3 is 14.8 Å². The Morgan fingerprint density at radius 2 is 1.37 bits per heavy atom. The monoisotopic (exact) mass is 810 g/mol. The Hall–Kier alpha value is -5.29. The molecule has 1 saturated heterocycles. The highest BCUT2D eigenvalue weighted by molar-refractivity contribution is 5.81. The molecule has 10 heteroatoms. The van der Waals surface area contributed by atoms with Crippen molar-refractivity contribution >= 4 is 17.5 Å². The van der Waals surface area contributed by atoms with Crippen molar-refractivity contribution in [3.05, 3.63) is 156 Å². The molecule has 60 heavy (non-hydrogen) atoms. The van der Waals surface area contributed by atoms with Gasteiger partial charge in [-0.15, -0.1) is 0 Å². The van der Waals surface area contributed by atoms with Crippen LogP contribution in [0.2, 0.25) is 0 Å². The Balaban J connectivity index is 1.15. The molecule has 0 spiro atoms. The number of carbonyl (C=O) groups is 2. The number of likely N-dealkylation sites (tertiary alicyclic amines) is 1. The first-order valence-corrected chi connectivity index (χ1v) is 21.6. The third-order valence-corrected chi connectivity index (χ3v) is 12.3. The highest BCUT2D eigenvalue weighted by Crippen LogP contribution is 2.41. The van der Waals surface area contributed by atoms with E-state index >= 15 is 0 Å². The van der Waals surface area contributed by atoms with Crippen LogP contribution < -0.4 is 10.4 Å². The van der Waals surface area contributed by atoms with Gasteiger partial charge in [0.2, 0.25) is 5.91 Å². The molecule has 316 valence electrons. The van der Waals surface area contributed by atoms with Crippen molar-refractivity contribution < 1.29 is 19.3 Å². The first-order valence-electron chi connectivity index (χ1n) is 21.6. The van der Waals surface area contributed by atoms with Gasteiger partial charge >= 0.3 is 0 Å². The van der Waals surface area contributed by atoms with Crippen LogP contribution in [-0.4, -0.2) is 82.8 Å². The standard InChI is InChI=1S/C50H62N6O4/c1-49(2,3)60-56(44-28-16-9-17-29-44)31-30-47(57)55-35-39-21-19-18-20-38(39)32-45(55)34-51-46(48(58)53(4)59-5)33-43-36-54(37-52-43)50(40-22-10-6-11-23-40,41-24-12-7-13-25-41)42-26-14-8-15-27-42/h6-17,22-29,36-39,45-46,51H,18-21,30-35H2,1-5H3/t38-,39-,45+,46+/m1/s1. The zero-order valence-corrected chi connectivity index (χ0v) is 36.0. The fourth-order valence-corrected chi connectivity index (χ4v) is 9.39. The van der Waals surface area contributed by atoms with Gasteiger partial charge in [-0.05, 0) is 74.3 Å². The van der Waals surface area contributed by atoms with Gasteiger partial charge in [0.05, 0.1) is 43.0 Å². The molecule has 2 aliphatic rings. The number of likely N-dealkylation sites (N-methyl/N-ethyl adjacent to an activating group) is 1. The Morgan fingerprint density at radius 3 is 1.92 bits per heavy atom. The van der Waals surface area contributed by atoms with Crippen LogP contribution in [0.15, 0.2) is 134 Å². The van der Waals surface area contributed by atoms with Crippen molar-refractivity contribution in [2.45, 2.75) is 88.9 Å². The number of fused-ring (bicyclic) bond motifs is 1. The van der Waals surface area contributed by atoms with Gasteiger partial charge in [-0.2, -0.15) is 0 Å². The summed E-state index contributed by atoms with van der Waals surface area (Å²) in [6.45, 7) is 7.72. The van der Waals surface area contributed by atoms with Crippen LogP contribution in [0.25, 0.3) is 0 Å². The lowest BCUT2D eigenvalue weighted by Crippen LogP contribution is -2.57. The molecule has 4 aromatic carbocycles. The van der Waals surface area contributed by atoms with E-state index in [-0.39, 0.29) is 17.9 Å². The number of para-hydroxylation sites is 1. The minimum Gasteiger partial charge on any atom is -0.338 e. The van der Waals surface area contributed by atoms with Crippen molar-refractivity contribution in [3.63, 3.8) is 0 Å². The van der Waals surface area contributed by atoms with Crippen LogP contribution in [0.5, 0.6) is 0 Å². The van der Waals surface area contributed by atoms with E-state index in [1.54, 1.807) is 7.05 Å². The molecule has 0 radical (unpaired) electrons. The molecule has 2 fully saturated rings. The topological polar surface area (TPSA) is 92.2 Å². The highest BCUT2D eigenvalue weighted by atomic mass is 16.7. The lowest BCUT2D eigenvalue weighted by molar-refractivity contribution is -0.171.